The van der Waals surface area contributed by atoms with Crippen LogP contribution in [0.5, 0.6) is 5.75 Å². The molecule has 0 bridgehead atoms. The van der Waals surface area contributed by atoms with E-state index in [9.17, 15) is 13.5 Å². The second kappa shape index (κ2) is 9.87. The first-order valence-electron chi connectivity index (χ1n) is 10.8. The van der Waals surface area contributed by atoms with Gasteiger partial charge in [0.25, 0.3) is 0 Å². The third-order valence-electron chi connectivity index (χ3n) is 6.29. The molecule has 1 fully saturated rings. The Kier molecular flexibility index (Phi) is 7.34. The number of β-amino-alcohol motifs (C(OH)–C–C–N with tert-alkyl or cyclic N) is 1. The van der Waals surface area contributed by atoms with E-state index in [1.54, 1.807) is 30.3 Å². The molecule has 6 nitrogen and oxygen atoms in total. The van der Waals surface area contributed by atoms with Crippen molar-refractivity contribution in [2.24, 2.45) is 0 Å². The normalized spacial score (nSPS) is 22.5. The minimum Gasteiger partial charge on any atom is -0.484 e. The molecule has 1 N–H and O–H groups in total. The average Bonchev–Trinajstić information content (AvgIpc) is 2.92. The predicted octanol–water partition coefficient (Wildman–Crippen LogP) is 3.44. The average molecular weight is 499 g/mol. The van der Waals surface area contributed by atoms with Gasteiger partial charge in [0, 0.05) is 41.5 Å². The highest BCUT2D eigenvalue weighted by atomic mass is 35.5. The second-order valence-electron chi connectivity index (χ2n) is 8.46. The first-order valence-corrected chi connectivity index (χ1v) is 13.4. The summed E-state index contributed by atoms with van der Waals surface area (Å²) in [5, 5.41) is 10.5. The molecule has 1 aliphatic heterocycles. The van der Waals surface area contributed by atoms with Gasteiger partial charge in [-0.15, -0.1) is 0 Å². The van der Waals surface area contributed by atoms with Crippen LogP contribution < -0.4 is 4.74 Å². The molecular weight excluding hydrogens is 471 g/mol. The zero-order valence-corrected chi connectivity index (χ0v) is 20.3. The highest BCUT2D eigenvalue weighted by molar-refractivity contribution is 7.90. The molecule has 2 aromatic rings. The molecule has 174 valence electrons. The van der Waals surface area contributed by atoms with Crippen molar-refractivity contribution in [2.45, 2.75) is 29.9 Å². The smallest absolute Gasteiger partial charge is 0.175 e. The SMILES string of the molecule is CS(=O)(=O)c1ccc(OC2c3cc(Cl)cc(Cl)c3CC2N2CCCN(CCO)CC2)cc1. The maximum atomic E-state index is 11.8. The fraction of sp³-hybridized carbons (Fsp3) is 0.478. The van der Waals surface area contributed by atoms with Crippen LogP contribution in [0.1, 0.15) is 23.7 Å². The van der Waals surface area contributed by atoms with Crippen LogP contribution in [0.4, 0.5) is 0 Å². The molecule has 2 atom stereocenters. The molecule has 32 heavy (non-hydrogen) atoms. The van der Waals surface area contributed by atoms with Crippen LogP contribution in [-0.2, 0) is 16.3 Å². The Morgan fingerprint density at radius 2 is 1.84 bits per heavy atom. The molecule has 1 saturated heterocycles. The van der Waals surface area contributed by atoms with E-state index in [0.29, 0.717) is 22.3 Å². The topological polar surface area (TPSA) is 70.1 Å². The lowest BCUT2D eigenvalue weighted by molar-refractivity contribution is 0.0793. The van der Waals surface area contributed by atoms with Gasteiger partial charge in [-0.1, -0.05) is 23.2 Å². The van der Waals surface area contributed by atoms with Gasteiger partial charge in [-0.05, 0) is 67.9 Å². The second-order valence-corrected chi connectivity index (χ2v) is 11.3. The minimum absolute atomic E-state index is 0.0876. The van der Waals surface area contributed by atoms with Crippen molar-refractivity contribution in [1.29, 1.82) is 0 Å². The number of ether oxygens (including phenoxy) is 1. The van der Waals surface area contributed by atoms with E-state index in [4.69, 9.17) is 27.9 Å². The Labute approximate surface area is 199 Å². The number of rotatable bonds is 6. The van der Waals surface area contributed by atoms with Crippen molar-refractivity contribution in [3.63, 3.8) is 0 Å². The number of halogens is 2. The summed E-state index contributed by atoms with van der Waals surface area (Å²) in [7, 11) is -3.27. The van der Waals surface area contributed by atoms with E-state index in [2.05, 4.69) is 9.80 Å². The Hall–Kier alpha value is -1.35. The Morgan fingerprint density at radius 3 is 2.53 bits per heavy atom. The lowest BCUT2D eigenvalue weighted by Gasteiger charge is -2.32. The lowest BCUT2D eigenvalue weighted by atomic mass is 10.1. The number of nitrogens with zero attached hydrogens (tertiary/aromatic N) is 2. The van der Waals surface area contributed by atoms with Crippen molar-refractivity contribution in [3.05, 3.63) is 57.6 Å². The van der Waals surface area contributed by atoms with Gasteiger partial charge in [-0.3, -0.25) is 9.80 Å². The molecule has 0 spiro atoms. The zero-order valence-electron chi connectivity index (χ0n) is 18.0. The number of benzene rings is 2. The standard InChI is InChI=1S/C23H28Cl2N2O4S/c1-32(29,30)18-5-3-17(4-6-18)31-23-20-13-16(24)14-21(25)19(20)15-22(23)27-8-2-7-26(9-10-27)11-12-28/h3-6,13-14,22-23,28H,2,7-12,15H2,1H3. The molecule has 2 aromatic carbocycles. The van der Waals surface area contributed by atoms with Crippen molar-refractivity contribution in [2.75, 3.05) is 45.6 Å². The molecule has 0 saturated carbocycles. The van der Waals surface area contributed by atoms with Crippen LogP contribution in [0.25, 0.3) is 0 Å². The molecule has 0 amide bonds. The van der Waals surface area contributed by atoms with Crippen molar-refractivity contribution in [1.82, 2.24) is 9.80 Å². The first kappa shape index (κ1) is 23.8. The molecule has 4 rings (SSSR count). The van der Waals surface area contributed by atoms with Crippen LogP contribution in [0.3, 0.4) is 0 Å². The van der Waals surface area contributed by atoms with Crippen LogP contribution in [0.15, 0.2) is 41.3 Å². The Bertz CT molecular complexity index is 1060. The largest absolute Gasteiger partial charge is 0.484 e. The van der Waals surface area contributed by atoms with E-state index in [0.717, 1.165) is 50.1 Å². The third-order valence-corrected chi connectivity index (χ3v) is 7.97. The van der Waals surface area contributed by atoms with Gasteiger partial charge in [0.05, 0.1) is 17.5 Å². The number of fused-ring (bicyclic) bond motifs is 1. The van der Waals surface area contributed by atoms with Gasteiger partial charge in [0.1, 0.15) is 11.9 Å². The minimum atomic E-state index is -3.27. The number of aliphatic hydroxyl groups excluding tert-OH is 1. The molecule has 0 radical (unpaired) electrons. The fourth-order valence-electron chi connectivity index (χ4n) is 4.68. The van der Waals surface area contributed by atoms with Gasteiger partial charge in [-0.2, -0.15) is 0 Å². The summed E-state index contributed by atoms with van der Waals surface area (Å²) in [4.78, 5) is 4.99. The van der Waals surface area contributed by atoms with Crippen molar-refractivity contribution in [3.8, 4) is 5.75 Å². The molecule has 9 heteroatoms. The molecule has 2 unspecified atom stereocenters. The van der Waals surface area contributed by atoms with Crippen LogP contribution >= 0.6 is 23.2 Å². The van der Waals surface area contributed by atoms with Crippen LogP contribution in [0, 0.1) is 0 Å². The number of hydrogen-bond acceptors (Lipinski definition) is 6. The van der Waals surface area contributed by atoms with Gasteiger partial charge < -0.3 is 9.84 Å². The molecule has 1 aliphatic carbocycles. The van der Waals surface area contributed by atoms with Crippen molar-refractivity contribution >= 4 is 33.0 Å². The van der Waals surface area contributed by atoms with Gasteiger partial charge >= 0.3 is 0 Å². The highest BCUT2D eigenvalue weighted by Crippen LogP contribution is 2.43. The number of hydrogen-bond donors (Lipinski definition) is 1. The Balaban J connectivity index is 1.62. The number of aliphatic hydroxyl groups is 1. The van der Waals surface area contributed by atoms with E-state index < -0.39 is 9.84 Å². The maximum absolute atomic E-state index is 11.8. The monoisotopic (exact) mass is 498 g/mol. The molecule has 1 heterocycles. The zero-order chi connectivity index (χ0) is 22.9. The maximum Gasteiger partial charge on any atom is 0.175 e. The highest BCUT2D eigenvalue weighted by Gasteiger charge is 2.40. The van der Waals surface area contributed by atoms with E-state index in [1.807, 2.05) is 6.07 Å². The summed E-state index contributed by atoms with van der Waals surface area (Å²) >= 11 is 12.9. The van der Waals surface area contributed by atoms with E-state index in [1.165, 1.54) is 6.26 Å². The van der Waals surface area contributed by atoms with E-state index in [-0.39, 0.29) is 23.6 Å². The first-order chi connectivity index (χ1) is 15.3. The van der Waals surface area contributed by atoms with E-state index >= 15 is 0 Å². The van der Waals surface area contributed by atoms with Crippen LogP contribution in [-0.4, -0.2) is 75.0 Å². The predicted molar refractivity (Wildman–Crippen MR) is 127 cm³/mol. The molecular formula is C23H28Cl2N2O4S. The molecule has 2 aliphatic rings. The summed E-state index contributed by atoms with van der Waals surface area (Å²) in [6.07, 6.45) is 2.69. The summed E-state index contributed by atoms with van der Waals surface area (Å²) in [5.41, 5.74) is 2.03. The lowest BCUT2D eigenvalue weighted by Crippen LogP contribution is -2.42. The summed E-state index contributed by atoms with van der Waals surface area (Å²) in [6, 6.07) is 10.3. The van der Waals surface area contributed by atoms with Crippen LogP contribution in [0.2, 0.25) is 10.0 Å². The van der Waals surface area contributed by atoms with Gasteiger partial charge in [0.2, 0.25) is 0 Å². The summed E-state index contributed by atoms with van der Waals surface area (Å²) < 4.78 is 30.0. The molecule has 0 aromatic heterocycles. The fourth-order valence-corrected chi connectivity index (χ4v) is 5.90. The van der Waals surface area contributed by atoms with Gasteiger partial charge in [0.15, 0.2) is 9.84 Å². The van der Waals surface area contributed by atoms with Gasteiger partial charge in [-0.25, -0.2) is 8.42 Å². The summed E-state index contributed by atoms with van der Waals surface area (Å²) in [6.45, 7) is 4.50. The summed E-state index contributed by atoms with van der Waals surface area (Å²) in [5.74, 6) is 0.605. The third kappa shape index (κ3) is 5.24. The quantitative estimate of drug-likeness (QED) is 0.657. The number of sulfone groups is 1. The van der Waals surface area contributed by atoms with Crippen molar-refractivity contribution < 1.29 is 18.3 Å². The Morgan fingerprint density at radius 1 is 1.09 bits per heavy atom.